The van der Waals surface area contributed by atoms with Gasteiger partial charge in [0.1, 0.15) is 11.2 Å². The zero-order valence-electron chi connectivity index (χ0n) is 14.0. The van der Waals surface area contributed by atoms with Gasteiger partial charge in [0, 0.05) is 17.8 Å². The fourth-order valence-corrected chi connectivity index (χ4v) is 3.58. The highest BCUT2D eigenvalue weighted by atomic mass is 79.9. The summed E-state index contributed by atoms with van der Waals surface area (Å²) in [5.74, 6) is 0.460. The lowest BCUT2D eigenvalue weighted by atomic mass is 10.0. The number of hydrogen-bond donors (Lipinski definition) is 0. The first kappa shape index (κ1) is 17.5. The van der Waals surface area contributed by atoms with E-state index in [1.54, 1.807) is 43.5 Å². The number of ether oxygens (including phenoxy) is 1. The number of hydrogen-bond acceptors (Lipinski definition) is 5. The predicted molar refractivity (Wildman–Crippen MR) is 102 cm³/mol. The Morgan fingerprint density at radius 3 is 2.96 bits per heavy atom. The molecule has 3 aromatic rings. The second kappa shape index (κ2) is 6.68. The Hall–Kier alpha value is -2.89. The maximum atomic E-state index is 13.1. The topological polar surface area (TPSA) is 89.8 Å². The third-order valence-electron chi connectivity index (χ3n) is 4.10. The number of pyridine rings is 1. The number of rotatable bonds is 2. The molecule has 1 aliphatic rings. The molecule has 0 atom stereocenters. The fraction of sp³-hybridized carbons (Fsp3) is 0.111. The molecule has 0 aliphatic carbocycles. The Labute approximate surface area is 167 Å². The number of benzene rings is 1. The second-order valence-electron chi connectivity index (χ2n) is 5.87. The third-order valence-corrected chi connectivity index (χ3v) is 4.78. The van der Waals surface area contributed by atoms with Crippen molar-refractivity contribution in [2.75, 3.05) is 0 Å². The molecule has 0 amide bonds. The maximum Gasteiger partial charge on any atom is 0.407 e. The van der Waals surface area contributed by atoms with E-state index in [1.165, 1.54) is 4.68 Å². The van der Waals surface area contributed by atoms with Gasteiger partial charge in [-0.3, -0.25) is 0 Å². The smallest absolute Gasteiger partial charge is 0.407 e. The summed E-state index contributed by atoms with van der Waals surface area (Å²) in [6, 6.07) is 10.5. The van der Waals surface area contributed by atoms with Gasteiger partial charge < -0.3 is 9.94 Å². The maximum absolute atomic E-state index is 13.1. The van der Waals surface area contributed by atoms with E-state index in [2.05, 4.69) is 32.1 Å². The molecule has 2 aromatic heterocycles. The molecule has 0 saturated carbocycles. The summed E-state index contributed by atoms with van der Waals surface area (Å²) >= 11 is 9.57. The lowest BCUT2D eigenvalue weighted by Gasteiger charge is -2.20. The normalized spacial score (nSPS) is 13.1. The molecule has 0 unspecified atom stereocenters. The summed E-state index contributed by atoms with van der Waals surface area (Å²) in [6.07, 6.45) is 1.59. The van der Waals surface area contributed by atoms with Crippen molar-refractivity contribution >= 4 is 39.1 Å². The van der Waals surface area contributed by atoms with Gasteiger partial charge in [0.15, 0.2) is 11.5 Å². The highest BCUT2D eigenvalue weighted by Crippen LogP contribution is 2.31. The molecule has 1 aromatic carbocycles. The Morgan fingerprint density at radius 1 is 1.41 bits per heavy atom. The molecule has 1 aliphatic heterocycles. The van der Waals surface area contributed by atoms with Crippen LogP contribution in [0.25, 0.3) is 5.82 Å². The Balaban J connectivity index is 1.92. The summed E-state index contributed by atoms with van der Waals surface area (Å²) in [5.41, 5.74) is 2.71. The van der Waals surface area contributed by atoms with E-state index in [0.29, 0.717) is 48.3 Å². The highest BCUT2D eigenvalue weighted by molar-refractivity contribution is 9.10. The second-order valence-corrected chi connectivity index (χ2v) is 7.09. The van der Waals surface area contributed by atoms with Crippen molar-refractivity contribution in [3.05, 3.63) is 73.7 Å². The van der Waals surface area contributed by atoms with Crippen molar-refractivity contribution in [2.24, 2.45) is 0 Å². The molecule has 7 nitrogen and oxygen atoms in total. The first-order chi connectivity index (χ1) is 13.0. The first-order valence-corrected chi connectivity index (χ1v) is 9.04. The van der Waals surface area contributed by atoms with Crippen LogP contribution in [0.4, 0.5) is 5.69 Å². The van der Waals surface area contributed by atoms with E-state index in [4.69, 9.17) is 21.6 Å². The summed E-state index contributed by atoms with van der Waals surface area (Å²) < 4.78 is 8.42. The van der Waals surface area contributed by atoms with Crippen LogP contribution in [-0.2, 0) is 11.3 Å². The standard InChI is InChI=1S/C18H11BrClN5O2/c1-10-5-11(8-21)6-12-9-27-18(25(26)16(10)12)14-7-15(19)23-24(14)17-13(20)3-2-4-22-17/h2-7H,9H2,1H3. The van der Waals surface area contributed by atoms with Crippen LogP contribution in [0.2, 0.25) is 5.02 Å². The monoisotopic (exact) mass is 443 g/mol. The van der Waals surface area contributed by atoms with E-state index in [1.807, 2.05) is 0 Å². The molecule has 134 valence electrons. The molecule has 0 fully saturated rings. The van der Waals surface area contributed by atoms with E-state index < -0.39 is 0 Å². The van der Waals surface area contributed by atoms with E-state index >= 15 is 0 Å². The number of fused-ring (bicyclic) bond motifs is 1. The van der Waals surface area contributed by atoms with Gasteiger partial charge in [-0.2, -0.15) is 10.4 Å². The van der Waals surface area contributed by atoms with Crippen molar-refractivity contribution < 1.29 is 9.48 Å². The van der Waals surface area contributed by atoms with Gasteiger partial charge in [0.05, 0.1) is 22.2 Å². The van der Waals surface area contributed by atoms with Gasteiger partial charge in [-0.05, 0) is 47.1 Å². The largest absolute Gasteiger partial charge is 0.616 e. The average Bonchev–Trinajstić information content (AvgIpc) is 3.03. The Morgan fingerprint density at radius 2 is 2.22 bits per heavy atom. The Kier molecular flexibility index (Phi) is 4.34. The van der Waals surface area contributed by atoms with Crippen LogP contribution in [0.5, 0.6) is 0 Å². The first-order valence-electron chi connectivity index (χ1n) is 7.87. The number of nitrogens with zero attached hydrogens (tertiary/aromatic N) is 5. The lowest BCUT2D eigenvalue weighted by Crippen LogP contribution is -2.26. The zero-order valence-corrected chi connectivity index (χ0v) is 16.3. The van der Waals surface area contributed by atoms with Crippen molar-refractivity contribution in [1.29, 1.82) is 5.26 Å². The molecule has 3 heterocycles. The van der Waals surface area contributed by atoms with Crippen LogP contribution in [0.15, 0.2) is 41.1 Å². The lowest BCUT2D eigenvalue weighted by molar-refractivity contribution is -0.380. The van der Waals surface area contributed by atoms with Crippen LogP contribution in [0, 0.1) is 23.5 Å². The molecule has 0 saturated heterocycles. The van der Waals surface area contributed by atoms with Gasteiger partial charge in [-0.1, -0.05) is 11.6 Å². The SMILES string of the molecule is Cc1cc(C#N)cc2c1[N+]([O-])=C(c1cc(Br)nn1-c1ncccc1Cl)OC2. The van der Waals surface area contributed by atoms with Crippen LogP contribution < -0.4 is 0 Å². The average molecular weight is 445 g/mol. The summed E-state index contributed by atoms with van der Waals surface area (Å²) in [7, 11) is 0. The number of halogens is 2. The van der Waals surface area contributed by atoms with Gasteiger partial charge >= 0.3 is 5.90 Å². The third kappa shape index (κ3) is 2.95. The van der Waals surface area contributed by atoms with Gasteiger partial charge in [-0.25, -0.2) is 9.67 Å². The summed E-state index contributed by atoms with van der Waals surface area (Å²) in [5, 5.41) is 26.9. The molecular weight excluding hydrogens is 434 g/mol. The van der Waals surface area contributed by atoms with Crippen LogP contribution in [-0.4, -0.2) is 25.4 Å². The molecule has 0 spiro atoms. The number of nitriles is 1. The minimum absolute atomic E-state index is 0.0789. The summed E-state index contributed by atoms with van der Waals surface area (Å²) in [4.78, 5) is 4.25. The molecule has 9 heteroatoms. The molecule has 0 radical (unpaired) electrons. The van der Waals surface area contributed by atoms with Crippen LogP contribution in [0.3, 0.4) is 0 Å². The van der Waals surface area contributed by atoms with E-state index in [0.717, 1.165) is 0 Å². The van der Waals surface area contributed by atoms with Crippen molar-refractivity contribution in [3.63, 3.8) is 0 Å². The van der Waals surface area contributed by atoms with Gasteiger partial charge in [-0.15, -0.1) is 4.74 Å². The molecular formula is C18H11BrClN5O2. The molecule has 0 bridgehead atoms. The highest BCUT2D eigenvalue weighted by Gasteiger charge is 2.32. The zero-order chi connectivity index (χ0) is 19.1. The van der Waals surface area contributed by atoms with Crippen LogP contribution >= 0.6 is 27.5 Å². The van der Waals surface area contributed by atoms with Crippen molar-refractivity contribution in [3.8, 4) is 11.9 Å². The van der Waals surface area contributed by atoms with Crippen molar-refractivity contribution in [2.45, 2.75) is 13.5 Å². The molecule has 27 heavy (non-hydrogen) atoms. The Bertz CT molecular complexity index is 1150. The molecule has 4 rings (SSSR count). The van der Waals surface area contributed by atoms with Gasteiger partial charge in [0.25, 0.3) is 0 Å². The summed E-state index contributed by atoms with van der Waals surface area (Å²) in [6.45, 7) is 1.95. The van der Waals surface area contributed by atoms with E-state index in [-0.39, 0.29) is 12.5 Å². The molecule has 0 N–H and O–H groups in total. The minimum atomic E-state index is 0.0789. The minimum Gasteiger partial charge on any atom is -0.616 e. The number of aryl methyl sites for hydroxylation is 1. The number of aromatic nitrogens is 3. The predicted octanol–water partition coefficient (Wildman–Crippen LogP) is 3.98. The fourth-order valence-electron chi connectivity index (χ4n) is 3.00. The van der Waals surface area contributed by atoms with Crippen molar-refractivity contribution in [1.82, 2.24) is 14.8 Å². The van der Waals surface area contributed by atoms with Gasteiger partial charge in [0.2, 0.25) is 5.69 Å². The van der Waals surface area contributed by atoms with Crippen LogP contribution in [0.1, 0.15) is 22.4 Å². The quantitative estimate of drug-likeness (QED) is 0.440. The van der Waals surface area contributed by atoms with E-state index in [9.17, 15) is 5.21 Å².